The lowest BCUT2D eigenvalue weighted by Crippen LogP contribution is -2.40. The van der Waals surface area contributed by atoms with Gasteiger partial charge in [-0.15, -0.1) is 0 Å². The molecule has 28 heavy (non-hydrogen) atoms. The molecular weight excluding hydrogens is 358 g/mol. The van der Waals surface area contributed by atoms with Crippen LogP contribution in [-0.2, 0) is 16.1 Å². The molecule has 1 aliphatic rings. The summed E-state index contributed by atoms with van der Waals surface area (Å²) in [7, 11) is 0. The van der Waals surface area contributed by atoms with Gasteiger partial charge in [-0.3, -0.25) is 19.7 Å². The van der Waals surface area contributed by atoms with Gasteiger partial charge in [0, 0.05) is 24.4 Å². The Kier molecular flexibility index (Phi) is 6.16. The van der Waals surface area contributed by atoms with Crippen molar-refractivity contribution in [2.24, 2.45) is 11.8 Å². The Bertz CT molecular complexity index is 878. The zero-order valence-corrected chi connectivity index (χ0v) is 15.2. The number of hydrogen-bond acceptors (Lipinski definition) is 4. The first-order valence-corrected chi connectivity index (χ1v) is 9.06. The standard InChI is InChI=1S/C21H21N3O4/c25-20(22-14-15-6-2-1-3-7-15)18-8-4-5-9-19(18)21(26)23-16-10-12-17(13-11-16)24(27)28/h1-7,10-13,18-19H,8-9,14H2,(H,22,25)(H,23,26). The van der Waals surface area contributed by atoms with Crippen molar-refractivity contribution in [1.29, 1.82) is 0 Å². The Balaban J connectivity index is 1.63. The second kappa shape index (κ2) is 8.94. The van der Waals surface area contributed by atoms with E-state index in [1.54, 1.807) is 0 Å². The first kappa shape index (κ1) is 19.3. The fourth-order valence-corrected chi connectivity index (χ4v) is 3.21. The van der Waals surface area contributed by atoms with Crippen LogP contribution >= 0.6 is 0 Å². The fourth-order valence-electron chi connectivity index (χ4n) is 3.21. The van der Waals surface area contributed by atoms with Gasteiger partial charge in [0.1, 0.15) is 0 Å². The molecule has 2 aromatic carbocycles. The van der Waals surface area contributed by atoms with Crippen LogP contribution in [0, 0.1) is 22.0 Å². The number of anilines is 1. The molecule has 0 aromatic heterocycles. The van der Waals surface area contributed by atoms with E-state index in [4.69, 9.17) is 0 Å². The van der Waals surface area contributed by atoms with Crippen LogP contribution in [0.1, 0.15) is 18.4 Å². The molecule has 0 radical (unpaired) electrons. The molecule has 7 heteroatoms. The van der Waals surface area contributed by atoms with Gasteiger partial charge < -0.3 is 10.6 Å². The molecule has 144 valence electrons. The quantitative estimate of drug-likeness (QED) is 0.456. The van der Waals surface area contributed by atoms with E-state index in [0.717, 1.165) is 5.56 Å². The van der Waals surface area contributed by atoms with Crippen molar-refractivity contribution >= 4 is 23.2 Å². The molecule has 0 bridgehead atoms. The van der Waals surface area contributed by atoms with E-state index < -0.39 is 16.8 Å². The topological polar surface area (TPSA) is 101 Å². The van der Waals surface area contributed by atoms with Gasteiger partial charge in [0.2, 0.25) is 11.8 Å². The highest BCUT2D eigenvalue weighted by Gasteiger charge is 2.34. The lowest BCUT2D eigenvalue weighted by atomic mass is 9.81. The Hall–Kier alpha value is -3.48. The van der Waals surface area contributed by atoms with Gasteiger partial charge in [-0.2, -0.15) is 0 Å². The number of benzene rings is 2. The molecule has 0 aliphatic heterocycles. The van der Waals surface area contributed by atoms with E-state index in [9.17, 15) is 19.7 Å². The molecule has 2 aromatic rings. The second-order valence-electron chi connectivity index (χ2n) is 6.65. The molecule has 1 aliphatic carbocycles. The zero-order valence-electron chi connectivity index (χ0n) is 15.2. The summed E-state index contributed by atoms with van der Waals surface area (Å²) in [6, 6.07) is 15.2. The van der Waals surface area contributed by atoms with Crippen LogP contribution in [0.25, 0.3) is 0 Å². The maximum absolute atomic E-state index is 12.7. The summed E-state index contributed by atoms with van der Waals surface area (Å²) in [5, 5.41) is 16.4. The zero-order chi connectivity index (χ0) is 19.9. The highest BCUT2D eigenvalue weighted by Crippen LogP contribution is 2.28. The first-order chi connectivity index (χ1) is 13.5. The molecular formula is C21H21N3O4. The largest absolute Gasteiger partial charge is 0.352 e. The van der Waals surface area contributed by atoms with Crippen LogP contribution in [0.2, 0.25) is 0 Å². The van der Waals surface area contributed by atoms with Gasteiger partial charge in [-0.05, 0) is 30.5 Å². The van der Waals surface area contributed by atoms with Crippen LogP contribution in [0.5, 0.6) is 0 Å². The van der Waals surface area contributed by atoms with E-state index >= 15 is 0 Å². The van der Waals surface area contributed by atoms with Crippen LogP contribution in [0.3, 0.4) is 0 Å². The van der Waals surface area contributed by atoms with Crippen molar-refractivity contribution in [3.63, 3.8) is 0 Å². The molecule has 2 amide bonds. The number of allylic oxidation sites excluding steroid dienone is 2. The lowest BCUT2D eigenvalue weighted by molar-refractivity contribution is -0.384. The molecule has 0 fully saturated rings. The van der Waals surface area contributed by atoms with Crippen molar-refractivity contribution in [2.75, 3.05) is 5.32 Å². The predicted octanol–water partition coefficient (Wildman–Crippen LogP) is 3.43. The Morgan fingerprint density at radius 3 is 2.14 bits per heavy atom. The molecule has 2 unspecified atom stereocenters. The first-order valence-electron chi connectivity index (χ1n) is 9.06. The van der Waals surface area contributed by atoms with Crippen molar-refractivity contribution in [3.8, 4) is 0 Å². The number of nitrogens with zero attached hydrogens (tertiary/aromatic N) is 1. The van der Waals surface area contributed by atoms with Gasteiger partial charge in [0.25, 0.3) is 5.69 Å². The van der Waals surface area contributed by atoms with Crippen LogP contribution in [-0.4, -0.2) is 16.7 Å². The monoisotopic (exact) mass is 379 g/mol. The van der Waals surface area contributed by atoms with Gasteiger partial charge >= 0.3 is 0 Å². The van der Waals surface area contributed by atoms with E-state index in [0.29, 0.717) is 25.1 Å². The second-order valence-corrected chi connectivity index (χ2v) is 6.65. The third-order valence-corrected chi connectivity index (χ3v) is 4.76. The SMILES string of the molecule is O=C(NCc1ccccc1)C1CC=CCC1C(=O)Nc1ccc([N+](=O)[O-])cc1. The number of non-ortho nitro benzene ring substituents is 1. The minimum atomic E-state index is -0.495. The van der Waals surface area contributed by atoms with Gasteiger partial charge in [-0.25, -0.2) is 0 Å². The normalized spacial score (nSPS) is 18.3. The Morgan fingerprint density at radius 1 is 0.929 bits per heavy atom. The maximum atomic E-state index is 12.7. The highest BCUT2D eigenvalue weighted by molar-refractivity contribution is 5.96. The van der Waals surface area contributed by atoms with Gasteiger partial charge in [0.05, 0.1) is 16.8 Å². The number of amides is 2. The average Bonchev–Trinajstić information content (AvgIpc) is 2.73. The fraction of sp³-hybridized carbons (Fsp3) is 0.238. The summed E-state index contributed by atoms with van der Waals surface area (Å²) < 4.78 is 0. The van der Waals surface area contributed by atoms with E-state index in [1.165, 1.54) is 24.3 Å². The Morgan fingerprint density at radius 2 is 1.54 bits per heavy atom. The van der Waals surface area contributed by atoms with Crippen molar-refractivity contribution in [2.45, 2.75) is 19.4 Å². The van der Waals surface area contributed by atoms with Crippen LogP contribution < -0.4 is 10.6 Å². The number of carbonyl (C=O) groups excluding carboxylic acids is 2. The van der Waals surface area contributed by atoms with Crippen LogP contribution in [0.15, 0.2) is 66.7 Å². The smallest absolute Gasteiger partial charge is 0.269 e. The minimum absolute atomic E-state index is 0.0447. The maximum Gasteiger partial charge on any atom is 0.269 e. The summed E-state index contributed by atoms with van der Waals surface area (Å²) in [6.45, 7) is 0.413. The number of rotatable bonds is 6. The minimum Gasteiger partial charge on any atom is -0.352 e. The van der Waals surface area contributed by atoms with E-state index in [1.807, 2.05) is 42.5 Å². The summed E-state index contributed by atoms with van der Waals surface area (Å²) in [5.74, 6) is -1.36. The number of nitro groups is 1. The van der Waals surface area contributed by atoms with E-state index in [-0.39, 0.29) is 17.5 Å². The summed E-state index contributed by atoms with van der Waals surface area (Å²) in [4.78, 5) is 35.6. The van der Waals surface area contributed by atoms with E-state index in [2.05, 4.69) is 10.6 Å². The number of carbonyl (C=O) groups is 2. The molecule has 7 nitrogen and oxygen atoms in total. The molecule has 0 saturated heterocycles. The third kappa shape index (κ3) is 4.82. The van der Waals surface area contributed by atoms with Gasteiger partial charge in [0.15, 0.2) is 0 Å². The number of nitrogens with one attached hydrogen (secondary N) is 2. The number of nitro benzene ring substituents is 1. The Labute approximate surface area is 162 Å². The van der Waals surface area contributed by atoms with Crippen molar-refractivity contribution < 1.29 is 14.5 Å². The predicted molar refractivity (Wildman–Crippen MR) is 105 cm³/mol. The van der Waals surface area contributed by atoms with Crippen LogP contribution in [0.4, 0.5) is 11.4 Å². The number of hydrogen-bond donors (Lipinski definition) is 2. The molecule has 0 heterocycles. The lowest BCUT2D eigenvalue weighted by Gasteiger charge is -2.26. The summed E-state index contributed by atoms with van der Waals surface area (Å²) >= 11 is 0. The third-order valence-electron chi connectivity index (χ3n) is 4.76. The molecule has 3 rings (SSSR count). The molecule has 2 atom stereocenters. The summed E-state index contributed by atoms with van der Waals surface area (Å²) in [6.07, 6.45) is 4.80. The summed E-state index contributed by atoms with van der Waals surface area (Å²) in [5.41, 5.74) is 1.42. The molecule has 0 saturated carbocycles. The van der Waals surface area contributed by atoms with Crippen molar-refractivity contribution in [1.82, 2.24) is 5.32 Å². The van der Waals surface area contributed by atoms with Gasteiger partial charge in [-0.1, -0.05) is 42.5 Å². The molecule has 0 spiro atoms. The average molecular weight is 379 g/mol. The van der Waals surface area contributed by atoms with Crippen molar-refractivity contribution in [3.05, 3.63) is 82.4 Å². The molecule has 2 N–H and O–H groups in total. The highest BCUT2D eigenvalue weighted by atomic mass is 16.6.